The predicted molar refractivity (Wildman–Crippen MR) is 85.7 cm³/mol. The van der Waals surface area contributed by atoms with Gasteiger partial charge in [0.15, 0.2) is 5.16 Å². The number of hydrogen-bond donors (Lipinski definition) is 3. The van der Waals surface area contributed by atoms with Crippen LogP contribution in [0.5, 0.6) is 5.75 Å². The van der Waals surface area contributed by atoms with Crippen molar-refractivity contribution in [1.29, 1.82) is 0 Å². The van der Waals surface area contributed by atoms with Crippen LogP contribution in [0.3, 0.4) is 0 Å². The summed E-state index contributed by atoms with van der Waals surface area (Å²) in [7, 11) is 0. The van der Waals surface area contributed by atoms with Gasteiger partial charge in [-0.15, -0.1) is 0 Å². The molecule has 0 bridgehead atoms. The van der Waals surface area contributed by atoms with Gasteiger partial charge in [-0.05, 0) is 31.2 Å². The Hall–Kier alpha value is -2.69. The zero-order chi connectivity index (χ0) is 17.7. The molecule has 2 rings (SSSR count). The number of amides is 1. The van der Waals surface area contributed by atoms with E-state index in [2.05, 4.69) is 25.0 Å². The number of anilines is 3. The third kappa shape index (κ3) is 5.19. The zero-order valence-electron chi connectivity index (χ0n) is 12.4. The molecule has 1 heterocycles. The van der Waals surface area contributed by atoms with E-state index in [9.17, 15) is 13.6 Å². The highest BCUT2D eigenvalue weighted by atomic mass is 32.2. The second-order valence-corrected chi connectivity index (χ2v) is 5.79. The molecule has 5 N–H and O–H groups in total. The van der Waals surface area contributed by atoms with Crippen molar-refractivity contribution in [3.05, 3.63) is 24.3 Å². The van der Waals surface area contributed by atoms with Gasteiger partial charge in [0, 0.05) is 5.69 Å². The minimum absolute atomic E-state index is 0.00144. The molecular formula is C13H14F2N6O2S. The predicted octanol–water partition coefficient (Wildman–Crippen LogP) is 1.76. The fraction of sp³-hybridized carbons (Fsp3) is 0.231. The standard InChI is InChI=1S/C13H14F2N6O2S/c1-6(24-13-20-11(16)19-12(17)21-13)9(22)18-7-2-4-8(5-3-7)23-10(14)15/h2-6,10H,1H3,(H,18,22)(H4,16,17,19,20,21)/t6-/m1/s1. The van der Waals surface area contributed by atoms with Gasteiger partial charge in [-0.25, -0.2) is 0 Å². The quantitative estimate of drug-likeness (QED) is 0.668. The Bertz CT molecular complexity index is 696. The second-order valence-electron chi connectivity index (χ2n) is 4.49. The first kappa shape index (κ1) is 17.7. The van der Waals surface area contributed by atoms with Crippen LogP contribution in [0, 0.1) is 0 Å². The summed E-state index contributed by atoms with van der Waals surface area (Å²) in [5, 5.41) is 2.31. The van der Waals surface area contributed by atoms with E-state index < -0.39 is 11.9 Å². The Morgan fingerprint density at radius 1 is 1.17 bits per heavy atom. The smallest absolute Gasteiger partial charge is 0.387 e. The summed E-state index contributed by atoms with van der Waals surface area (Å²) in [5.41, 5.74) is 11.4. The molecule has 128 valence electrons. The van der Waals surface area contributed by atoms with Crippen molar-refractivity contribution in [2.45, 2.75) is 23.9 Å². The molecule has 2 aromatic rings. The number of hydrogen-bond acceptors (Lipinski definition) is 8. The van der Waals surface area contributed by atoms with Crippen LogP contribution in [0.25, 0.3) is 0 Å². The van der Waals surface area contributed by atoms with Gasteiger partial charge in [-0.1, -0.05) is 11.8 Å². The van der Waals surface area contributed by atoms with E-state index in [1.807, 2.05) is 0 Å². The molecule has 0 aliphatic rings. The van der Waals surface area contributed by atoms with Gasteiger partial charge in [-0.2, -0.15) is 23.7 Å². The average molecular weight is 356 g/mol. The Kier molecular flexibility index (Phi) is 5.68. The maximum Gasteiger partial charge on any atom is 0.387 e. The minimum atomic E-state index is -2.90. The molecule has 1 amide bonds. The molecule has 0 unspecified atom stereocenters. The second kappa shape index (κ2) is 7.73. The molecule has 0 saturated heterocycles. The molecule has 0 spiro atoms. The molecule has 0 fully saturated rings. The van der Waals surface area contributed by atoms with Crippen molar-refractivity contribution >= 4 is 35.3 Å². The Balaban J connectivity index is 1.95. The number of benzene rings is 1. The molecule has 0 aliphatic carbocycles. The number of carbonyl (C=O) groups is 1. The van der Waals surface area contributed by atoms with Crippen LogP contribution in [-0.2, 0) is 4.79 Å². The highest BCUT2D eigenvalue weighted by molar-refractivity contribution is 8.00. The van der Waals surface area contributed by atoms with Crippen molar-refractivity contribution in [1.82, 2.24) is 15.0 Å². The number of ether oxygens (including phenoxy) is 1. The lowest BCUT2D eigenvalue weighted by atomic mass is 10.3. The summed E-state index contributed by atoms with van der Waals surface area (Å²) in [4.78, 5) is 23.5. The molecule has 11 heteroatoms. The number of nitrogens with one attached hydrogen (secondary N) is 1. The van der Waals surface area contributed by atoms with Crippen LogP contribution in [0.15, 0.2) is 29.4 Å². The largest absolute Gasteiger partial charge is 0.435 e. The monoisotopic (exact) mass is 356 g/mol. The first-order valence-corrected chi connectivity index (χ1v) is 7.51. The molecule has 1 atom stereocenters. The number of aromatic nitrogens is 3. The first-order chi connectivity index (χ1) is 11.3. The molecule has 1 aromatic heterocycles. The van der Waals surface area contributed by atoms with Crippen molar-refractivity contribution < 1.29 is 18.3 Å². The normalized spacial score (nSPS) is 12.0. The zero-order valence-corrected chi connectivity index (χ0v) is 13.3. The third-order valence-electron chi connectivity index (χ3n) is 2.65. The van der Waals surface area contributed by atoms with Gasteiger partial charge >= 0.3 is 6.61 Å². The maximum absolute atomic E-state index is 12.1. The summed E-state index contributed by atoms with van der Waals surface area (Å²) < 4.78 is 28.4. The van der Waals surface area contributed by atoms with E-state index >= 15 is 0 Å². The number of nitrogen functional groups attached to an aromatic ring is 2. The topological polar surface area (TPSA) is 129 Å². The number of rotatable bonds is 6. The van der Waals surface area contributed by atoms with Gasteiger partial charge in [0.2, 0.25) is 17.8 Å². The van der Waals surface area contributed by atoms with Gasteiger partial charge in [-0.3, -0.25) is 4.79 Å². The number of thioether (sulfide) groups is 1. The van der Waals surface area contributed by atoms with Crippen molar-refractivity contribution in [3.63, 3.8) is 0 Å². The number of alkyl halides is 2. The van der Waals surface area contributed by atoms with Crippen LogP contribution in [0.1, 0.15) is 6.92 Å². The van der Waals surface area contributed by atoms with Crippen molar-refractivity contribution in [2.75, 3.05) is 16.8 Å². The Morgan fingerprint density at radius 3 is 2.29 bits per heavy atom. The van der Waals surface area contributed by atoms with Gasteiger partial charge in [0.1, 0.15) is 5.75 Å². The van der Waals surface area contributed by atoms with Crippen LogP contribution < -0.4 is 21.5 Å². The summed E-state index contributed by atoms with van der Waals surface area (Å²) in [6.07, 6.45) is 0. The fourth-order valence-electron chi connectivity index (χ4n) is 1.62. The average Bonchev–Trinajstić information content (AvgIpc) is 2.47. The number of nitrogens with zero attached hydrogens (tertiary/aromatic N) is 3. The molecular weight excluding hydrogens is 342 g/mol. The van der Waals surface area contributed by atoms with E-state index in [0.29, 0.717) is 5.69 Å². The highest BCUT2D eigenvalue weighted by Gasteiger charge is 2.17. The minimum Gasteiger partial charge on any atom is -0.435 e. The molecule has 8 nitrogen and oxygen atoms in total. The van der Waals surface area contributed by atoms with E-state index in [1.165, 1.54) is 24.3 Å². The van der Waals surface area contributed by atoms with Gasteiger partial charge < -0.3 is 21.5 Å². The van der Waals surface area contributed by atoms with E-state index in [4.69, 9.17) is 11.5 Å². The summed E-state index contributed by atoms with van der Waals surface area (Å²) in [6.45, 7) is -1.26. The molecule has 0 saturated carbocycles. The molecule has 24 heavy (non-hydrogen) atoms. The summed E-state index contributed by atoms with van der Waals surface area (Å²) >= 11 is 1.05. The number of halogens is 2. The molecule has 0 radical (unpaired) electrons. The van der Waals surface area contributed by atoms with Crippen LogP contribution >= 0.6 is 11.8 Å². The van der Waals surface area contributed by atoms with Crippen molar-refractivity contribution in [2.24, 2.45) is 0 Å². The molecule has 0 aliphatic heterocycles. The summed E-state index contributed by atoms with van der Waals surface area (Å²) in [6, 6.07) is 5.55. The number of carbonyl (C=O) groups excluding carboxylic acids is 1. The lowest BCUT2D eigenvalue weighted by molar-refractivity contribution is -0.115. The third-order valence-corrected chi connectivity index (χ3v) is 3.61. The lowest BCUT2D eigenvalue weighted by Crippen LogP contribution is -2.22. The Morgan fingerprint density at radius 2 is 1.75 bits per heavy atom. The first-order valence-electron chi connectivity index (χ1n) is 6.63. The maximum atomic E-state index is 12.1. The van der Waals surface area contributed by atoms with E-state index in [-0.39, 0.29) is 28.7 Å². The SMILES string of the molecule is C[C@@H](Sc1nc(N)nc(N)n1)C(=O)Nc1ccc(OC(F)F)cc1. The van der Waals surface area contributed by atoms with Crippen LogP contribution in [-0.4, -0.2) is 32.7 Å². The highest BCUT2D eigenvalue weighted by Crippen LogP contribution is 2.23. The summed E-state index contributed by atoms with van der Waals surface area (Å²) in [5.74, 6) is -0.402. The number of nitrogens with two attached hydrogens (primary N) is 2. The van der Waals surface area contributed by atoms with Crippen molar-refractivity contribution in [3.8, 4) is 5.75 Å². The van der Waals surface area contributed by atoms with E-state index in [1.54, 1.807) is 6.92 Å². The van der Waals surface area contributed by atoms with Crippen LogP contribution in [0.4, 0.5) is 26.4 Å². The van der Waals surface area contributed by atoms with E-state index in [0.717, 1.165) is 11.8 Å². The molecule has 1 aromatic carbocycles. The van der Waals surface area contributed by atoms with Crippen LogP contribution in [0.2, 0.25) is 0 Å². The van der Waals surface area contributed by atoms with Gasteiger partial charge in [0.25, 0.3) is 0 Å². The lowest BCUT2D eigenvalue weighted by Gasteiger charge is -2.12. The van der Waals surface area contributed by atoms with Gasteiger partial charge in [0.05, 0.1) is 5.25 Å². The Labute approximate surface area is 140 Å². The fourth-order valence-corrected chi connectivity index (χ4v) is 2.39.